The molecule has 1 aromatic heterocycles. The smallest absolute Gasteiger partial charge is 0.226 e. The molecular weight excluding hydrogens is 240 g/mol. The van der Waals surface area contributed by atoms with Crippen molar-refractivity contribution in [2.24, 2.45) is 5.92 Å². The third kappa shape index (κ3) is 2.69. The van der Waals surface area contributed by atoms with Crippen molar-refractivity contribution in [3.8, 4) is 11.5 Å². The average molecular weight is 258 g/mol. The van der Waals surface area contributed by atoms with Gasteiger partial charge in [0.05, 0.1) is 5.69 Å². The normalized spacial score (nSPS) is 16.5. The van der Waals surface area contributed by atoms with Crippen LogP contribution in [0.3, 0.4) is 0 Å². The van der Waals surface area contributed by atoms with E-state index in [1.54, 1.807) is 6.26 Å². The van der Waals surface area contributed by atoms with E-state index in [0.29, 0.717) is 11.8 Å². The summed E-state index contributed by atoms with van der Waals surface area (Å²) in [5.74, 6) is 1.11. The van der Waals surface area contributed by atoms with Gasteiger partial charge in [0.25, 0.3) is 0 Å². The van der Waals surface area contributed by atoms with Gasteiger partial charge in [-0.3, -0.25) is 4.90 Å². The first-order valence-electron chi connectivity index (χ1n) is 6.59. The number of hydrogen-bond donors (Lipinski definition) is 1. The van der Waals surface area contributed by atoms with E-state index in [-0.39, 0.29) is 6.61 Å². The number of aromatic nitrogens is 1. The minimum absolute atomic E-state index is 0.282. The standard InChI is InChI=1S/C15H18N2O2/c1-11-2-4-13(5-3-11)15-16-14(10-19-15)8-17-6-12(7-17)9-18/h2-5,10,12,18H,6-9H2,1H3. The molecule has 3 rings (SSSR count). The summed E-state index contributed by atoms with van der Waals surface area (Å²) in [6.07, 6.45) is 1.72. The Balaban J connectivity index is 1.65. The van der Waals surface area contributed by atoms with Gasteiger partial charge in [-0.2, -0.15) is 0 Å². The number of nitrogens with zero attached hydrogens (tertiary/aromatic N) is 2. The van der Waals surface area contributed by atoms with Crippen LogP contribution in [0.4, 0.5) is 0 Å². The van der Waals surface area contributed by atoms with Gasteiger partial charge in [-0.05, 0) is 19.1 Å². The number of likely N-dealkylation sites (tertiary alicyclic amines) is 1. The number of benzene rings is 1. The predicted octanol–water partition coefficient (Wildman–Crippen LogP) is 2.07. The summed E-state index contributed by atoms with van der Waals surface area (Å²) in [5, 5.41) is 8.98. The zero-order valence-electron chi connectivity index (χ0n) is 11.0. The average Bonchev–Trinajstić information content (AvgIpc) is 2.82. The molecule has 2 aromatic rings. The summed E-state index contributed by atoms with van der Waals surface area (Å²) in [7, 11) is 0. The second-order valence-corrected chi connectivity index (χ2v) is 5.25. The van der Waals surface area contributed by atoms with Gasteiger partial charge in [0.2, 0.25) is 5.89 Å². The lowest BCUT2D eigenvalue weighted by Crippen LogP contribution is -2.47. The van der Waals surface area contributed by atoms with Crippen LogP contribution < -0.4 is 0 Å². The van der Waals surface area contributed by atoms with E-state index < -0.39 is 0 Å². The zero-order valence-corrected chi connectivity index (χ0v) is 11.0. The maximum absolute atomic E-state index is 8.98. The molecule has 0 unspecified atom stereocenters. The fraction of sp³-hybridized carbons (Fsp3) is 0.400. The Hall–Kier alpha value is -1.65. The molecule has 1 aliphatic heterocycles. The van der Waals surface area contributed by atoms with Crippen LogP contribution in [-0.4, -0.2) is 34.7 Å². The van der Waals surface area contributed by atoms with Gasteiger partial charge in [0.1, 0.15) is 6.26 Å². The van der Waals surface area contributed by atoms with Crippen molar-refractivity contribution in [3.05, 3.63) is 41.8 Å². The van der Waals surface area contributed by atoms with Crippen molar-refractivity contribution in [3.63, 3.8) is 0 Å². The Labute approximate surface area is 112 Å². The molecule has 4 nitrogen and oxygen atoms in total. The van der Waals surface area contributed by atoms with Crippen LogP contribution in [0.25, 0.3) is 11.5 Å². The van der Waals surface area contributed by atoms with E-state index >= 15 is 0 Å². The van der Waals surface area contributed by atoms with Crippen molar-refractivity contribution in [1.29, 1.82) is 0 Å². The molecule has 0 radical (unpaired) electrons. The lowest BCUT2D eigenvalue weighted by molar-refractivity contribution is 0.0470. The summed E-state index contributed by atoms with van der Waals surface area (Å²) < 4.78 is 5.53. The van der Waals surface area contributed by atoms with Gasteiger partial charge < -0.3 is 9.52 Å². The minimum Gasteiger partial charge on any atom is -0.444 e. The van der Waals surface area contributed by atoms with Crippen molar-refractivity contribution < 1.29 is 9.52 Å². The summed E-state index contributed by atoms with van der Waals surface area (Å²) >= 11 is 0. The molecular formula is C15H18N2O2. The molecule has 0 amide bonds. The molecule has 100 valence electrons. The molecule has 19 heavy (non-hydrogen) atoms. The summed E-state index contributed by atoms with van der Waals surface area (Å²) in [6.45, 7) is 5.04. The molecule has 0 spiro atoms. The van der Waals surface area contributed by atoms with Gasteiger partial charge in [0.15, 0.2) is 0 Å². The monoisotopic (exact) mass is 258 g/mol. The Kier molecular flexibility index (Phi) is 3.36. The van der Waals surface area contributed by atoms with Gasteiger partial charge in [0, 0.05) is 37.7 Å². The van der Waals surface area contributed by atoms with Crippen molar-refractivity contribution in [2.75, 3.05) is 19.7 Å². The fourth-order valence-corrected chi connectivity index (χ4v) is 2.36. The summed E-state index contributed by atoms with van der Waals surface area (Å²) in [4.78, 5) is 6.77. The van der Waals surface area contributed by atoms with Crippen molar-refractivity contribution >= 4 is 0 Å². The number of aryl methyl sites for hydroxylation is 1. The Morgan fingerprint density at radius 2 is 2.05 bits per heavy atom. The maximum atomic E-state index is 8.98. The van der Waals surface area contributed by atoms with Gasteiger partial charge in [-0.1, -0.05) is 17.7 Å². The molecule has 4 heteroatoms. The van der Waals surface area contributed by atoms with E-state index in [1.807, 2.05) is 12.1 Å². The first-order valence-corrected chi connectivity index (χ1v) is 6.59. The lowest BCUT2D eigenvalue weighted by atomic mass is 10.0. The highest BCUT2D eigenvalue weighted by Crippen LogP contribution is 2.22. The number of aliphatic hydroxyl groups is 1. The second-order valence-electron chi connectivity index (χ2n) is 5.25. The molecule has 0 atom stereocenters. The Morgan fingerprint density at radius 1 is 1.32 bits per heavy atom. The van der Waals surface area contributed by atoms with Crippen LogP contribution in [0.2, 0.25) is 0 Å². The van der Waals surface area contributed by atoms with Crippen LogP contribution in [0, 0.1) is 12.8 Å². The minimum atomic E-state index is 0.282. The molecule has 1 N–H and O–H groups in total. The molecule has 1 aliphatic rings. The molecule has 1 saturated heterocycles. The third-order valence-corrected chi connectivity index (χ3v) is 3.53. The lowest BCUT2D eigenvalue weighted by Gasteiger charge is -2.37. The SMILES string of the molecule is Cc1ccc(-c2nc(CN3CC(CO)C3)co2)cc1. The number of oxazole rings is 1. The molecule has 2 heterocycles. The number of rotatable bonds is 4. The quantitative estimate of drug-likeness (QED) is 0.912. The van der Waals surface area contributed by atoms with Crippen molar-refractivity contribution in [1.82, 2.24) is 9.88 Å². The molecule has 0 saturated carbocycles. The Morgan fingerprint density at radius 3 is 2.74 bits per heavy atom. The van der Waals surface area contributed by atoms with E-state index in [0.717, 1.165) is 30.9 Å². The summed E-state index contributed by atoms with van der Waals surface area (Å²) in [5.41, 5.74) is 3.19. The highest BCUT2D eigenvalue weighted by Gasteiger charge is 2.26. The second kappa shape index (κ2) is 5.15. The first kappa shape index (κ1) is 12.4. The topological polar surface area (TPSA) is 49.5 Å². The predicted molar refractivity (Wildman–Crippen MR) is 72.5 cm³/mol. The molecule has 0 bridgehead atoms. The number of aliphatic hydroxyl groups excluding tert-OH is 1. The fourth-order valence-electron chi connectivity index (χ4n) is 2.36. The molecule has 1 fully saturated rings. The van der Waals surface area contributed by atoms with E-state index in [4.69, 9.17) is 9.52 Å². The van der Waals surface area contributed by atoms with Crippen LogP contribution in [0.1, 0.15) is 11.3 Å². The van der Waals surface area contributed by atoms with E-state index in [2.05, 4.69) is 28.9 Å². The maximum Gasteiger partial charge on any atom is 0.226 e. The molecule has 0 aliphatic carbocycles. The highest BCUT2D eigenvalue weighted by atomic mass is 16.3. The highest BCUT2D eigenvalue weighted by molar-refractivity contribution is 5.53. The van der Waals surface area contributed by atoms with Gasteiger partial charge in [-0.25, -0.2) is 4.98 Å². The van der Waals surface area contributed by atoms with E-state index in [9.17, 15) is 0 Å². The molecule has 1 aromatic carbocycles. The van der Waals surface area contributed by atoms with Crippen molar-refractivity contribution in [2.45, 2.75) is 13.5 Å². The van der Waals surface area contributed by atoms with Crippen LogP contribution >= 0.6 is 0 Å². The van der Waals surface area contributed by atoms with Crippen LogP contribution in [0.15, 0.2) is 34.9 Å². The first-order chi connectivity index (χ1) is 9.24. The van der Waals surface area contributed by atoms with Crippen LogP contribution in [-0.2, 0) is 6.54 Å². The zero-order chi connectivity index (χ0) is 13.2. The largest absolute Gasteiger partial charge is 0.444 e. The summed E-state index contributed by atoms with van der Waals surface area (Å²) in [6, 6.07) is 8.16. The van der Waals surface area contributed by atoms with E-state index in [1.165, 1.54) is 5.56 Å². The Bertz CT molecular complexity index is 542. The third-order valence-electron chi connectivity index (χ3n) is 3.53. The van der Waals surface area contributed by atoms with Gasteiger partial charge in [-0.15, -0.1) is 0 Å². The van der Waals surface area contributed by atoms with Gasteiger partial charge >= 0.3 is 0 Å². The number of hydrogen-bond acceptors (Lipinski definition) is 4. The van der Waals surface area contributed by atoms with Crippen LogP contribution in [0.5, 0.6) is 0 Å².